The molecule has 1 aliphatic rings. The second kappa shape index (κ2) is 3.41. The number of nitrogens with two attached hydrogens (primary N) is 1. The van der Waals surface area contributed by atoms with E-state index < -0.39 is 0 Å². The molecule has 0 aromatic heterocycles. The largest absolute Gasteiger partial charge is 0.355 e. The monoisotopic (exact) mass is 216 g/mol. The Balaban J connectivity index is 2.73. The van der Waals surface area contributed by atoms with Gasteiger partial charge in [0.2, 0.25) is 0 Å². The molecule has 0 saturated carbocycles. The van der Waals surface area contributed by atoms with Crippen LogP contribution in [0.1, 0.15) is 13.8 Å². The first kappa shape index (κ1) is 8.81. The van der Waals surface area contributed by atoms with E-state index in [1.165, 1.54) is 0 Å². The van der Waals surface area contributed by atoms with E-state index in [2.05, 4.69) is 34.7 Å². The lowest BCUT2D eigenvalue weighted by atomic mass is 10.2. The fourth-order valence-electron chi connectivity index (χ4n) is 1.05. The van der Waals surface area contributed by atoms with Crippen LogP contribution in [0.3, 0.4) is 0 Å². The van der Waals surface area contributed by atoms with Crippen molar-refractivity contribution in [3.05, 3.63) is 22.8 Å². The molecule has 1 rings (SSSR count). The van der Waals surface area contributed by atoms with Crippen molar-refractivity contribution in [3.8, 4) is 0 Å². The SMILES string of the molecule is CC(C)N1C=C(Br)C=CC1N. The average molecular weight is 217 g/mol. The van der Waals surface area contributed by atoms with Crippen LogP contribution in [0.2, 0.25) is 0 Å². The molecule has 0 aliphatic carbocycles. The minimum absolute atomic E-state index is 0.0244. The Bertz CT molecular complexity index is 196. The number of nitrogens with zero attached hydrogens (tertiary/aromatic N) is 1. The van der Waals surface area contributed by atoms with Gasteiger partial charge in [-0.3, -0.25) is 0 Å². The lowest BCUT2D eigenvalue weighted by Gasteiger charge is -2.31. The van der Waals surface area contributed by atoms with Crippen LogP contribution in [0.25, 0.3) is 0 Å². The van der Waals surface area contributed by atoms with E-state index in [0.29, 0.717) is 6.04 Å². The van der Waals surface area contributed by atoms with Gasteiger partial charge in [-0.1, -0.05) is 0 Å². The highest BCUT2D eigenvalue weighted by Crippen LogP contribution is 2.17. The first-order chi connectivity index (χ1) is 5.11. The van der Waals surface area contributed by atoms with Gasteiger partial charge in [-0.05, 0) is 41.9 Å². The molecule has 62 valence electrons. The summed E-state index contributed by atoms with van der Waals surface area (Å²) in [6.07, 6.45) is 6.00. The molecule has 2 nitrogen and oxygen atoms in total. The fraction of sp³-hybridized carbons (Fsp3) is 0.500. The molecule has 11 heavy (non-hydrogen) atoms. The van der Waals surface area contributed by atoms with E-state index in [0.717, 1.165) is 4.48 Å². The third-order valence-electron chi connectivity index (χ3n) is 1.67. The van der Waals surface area contributed by atoms with E-state index >= 15 is 0 Å². The molecule has 0 amide bonds. The Kier molecular flexibility index (Phi) is 2.73. The molecule has 1 unspecified atom stereocenters. The quantitative estimate of drug-likeness (QED) is 0.725. The summed E-state index contributed by atoms with van der Waals surface area (Å²) >= 11 is 3.40. The fourth-order valence-corrected chi connectivity index (χ4v) is 1.44. The molecule has 0 aromatic carbocycles. The summed E-state index contributed by atoms with van der Waals surface area (Å²) in [5, 5.41) is 0. The third-order valence-corrected chi connectivity index (χ3v) is 2.13. The van der Waals surface area contributed by atoms with Gasteiger partial charge >= 0.3 is 0 Å². The summed E-state index contributed by atoms with van der Waals surface area (Å²) in [5.41, 5.74) is 5.82. The second-order valence-electron chi connectivity index (χ2n) is 2.90. The molecular formula is C8H13BrN2. The highest BCUT2D eigenvalue weighted by Gasteiger charge is 2.14. The lowest BCUT2D eigenvalue weighted by molar-refractivity contribution is 0.264. The average Bonchev–Trinajstić information content (AvgIpc) is 1.94. The number of halogens is 1. The van der Waals surface area contributed by atoms with Crippen LogP contribution in [-0.2, 0) is 0 Å². The van der Waals surface area contributed by atoms with Crippen molar-refractivity contribution in [1.82, 2.24) is 4.90 Å². The molecule has 1 aliphatic heterocycles. The van der Waals surface area contributed by atoms with Gasteiger partial charge in [0.25, 0.3) is 0 Å². The highest BCUT2D eigenvalue weighted by molar-refractivity contribution is 9.11. The maximum atomic E-state index is 5.82. The van der Waals surface area contributed by atoms with Crippen LogP contribution < -0.4 is 5.73 Å². The second-order valence-corrected chi connectivity index (χ2v) is 3.82. The van der Waals surface area contributed by atoms with E-state index in [9.17, 15) is 0 Å². The first-order valence-corrected chi connectivity index (χ1v) is 4.49. The summed E-state index contributed by atoms with van der Waals surface area (Å²) in [6.45, 7) is 4.24. The molecular weight excluding hydrogens is 204 g/mol. The van der Waals surface area contributed by atoms with Gasteiger partial charge in [0.1, 0.15) is 0 Å². The molecule has 0 saturated heterocycles. The van der Waals surface area contributed by atoms with Gasteiger partial charge in [-0.25, -0.2) is 0 Å². The summed E-state index contributed by atoms with van der Waals surface area (Å²) in [6, 6.07) is 0.447. The van der Waals surface area contributed by atoms with E-state index in [1.54, 1.807) is 0 Å². The van der Waals surface area contributed by atoms with E-state index in [-0.39, 0.29) is 6.17 Å². The van der Waals surface area contributed by atoms with Crippen LogP contribution in [-0.4, -0.2) is 17.1 Å². The minimum atomic E-state index is 0.0244. The van der Waals surface area contributed by atoms with Gasteiger partial charge in [-0.2, -0.15) is 0 Å². The lowest BCUT2D eigenvalue weighted by Crippen LogP contribution is -2.42. The highest BCUT2D eigenvalue weighted by atomic mass is 79.9. The Labute approximate surface area is 75.9 Å². The van der Waals surface area contributed by atoms with Crippen LogP contribution in [0.5, 0.6) is 0 Å². The summed E-state index contributed by atoms with van der Waals surface area (Å²) in [5.74, 6) is 0. The Hall–Kier alpha value is -0.280. The Morgan fingerprint density at radius 1 is 1.64 bits per heavy atom. The van der Waals surface area contributed by atoms with Gasteiger partial charge in [0.05, 0.1) is 6.17 Å². The molecule has 2 N–H and O–H groups in total. The molecule has 0 radical (unpaired) electrons. The predicted octanol–water partition coefficient (Wildman–Crippen LogP) is 1.79. The van der Waals surface area contributed by atoms with Crippen molar-refractivity contribution < 1.29 is 0 Å². The zero-order chi connectivity index (χ0) is 8.43. The van der Waals surface area contributed by atoms with E-state index in [4.69, 9.17) is 5.73 Å². The van der Waals surface area contributed by atoms with E-state index in [1.807, 2.05) is 18.4 Å². The number of hydrogen-bond acceptors (Lipinski definition) is 2. The van der Waals surface area contributed by atoms with Crippen LogP contribution in [0.4, 0.5) is 0 Å². The zero-order valence-electron chi connectivity index (χ0n) is 6.79. The Morgan fingerprint density at radius 2 is 2.27 bits per heavy atom. The maximum Gasteiger partial charge on any atom is 0.0962 e. The predicted molar refractivity (Wildman–Crippen MR) is 51.1 cm³/mol. The van der Waals surface area contributed by atoms with Crippen molar-refractivity contribution in [2.45, 2.75) is 26.1 Å². The molecule has 0 aromatic rings. The summed E-state index contributed by atoms with van der Waals surface area (Å²) in [4.78, 5) is 2.10. The molecule has 0 fully saturated rings. The first-order valence-electron chi connectivity index (χ1n) is 3.70. The van der Waals surface area contributed by atoms with Crippen molar-refractivity contribution in [2.75, 3.05) is 0 Å². The minimum Gasteiger partial charge on any atom is -0.355 e. The van der Waals surface area contributed by atoms with Gasteiger partial charge in [-0.15, -0.1) is 0 Å². The topological polar surface area (TPSA) is 29.3 Å². The molecule has 1 atom stereocenters. The molecule has 1 heterocycles. The van der Waals surface area contributed by atoms with Crippen molar-refractivity contribution in [2.24, 2.45) is 5.73 Å². The zero-order valence-corrected chi connectivity index (χ0v) is 8.38. The molecule has 0 spiro atoms. The van der Waals surface area contributed by atoms with Crippen LogP contribution in [0, 0.1) is 0 Å². The van der Waals surface area contributed by atoms with Crippen molar-refractivity contribution >= 4 is 15.9 Å². The van der Waals surface area contributed by atoms with Gasteiger partial charge in [0.15, 0.2) is 0 Å². The normalized spacial score (nSPS) is 24.3. The third kappa shape index (κ3) is 2.07. The van der Waals surface area contributed by atoms with Crippen LogP contribution in [0.15, 0.2) is 22.8 Å². The summed E-state index contributed by atoms with van der Waals surface area (Å²) < 4.78 is 1.08. The summed E-state index contributed by atoms with van der Waals surface area (Å²) in [7, 11) is 0. The molecule has 3 heteroatoms. The number of rotatable bonds is 1. The van der Waals surface area contributed by atoms with Gasteiger partial charge < -0.3 is 10.6 Å². The smallest absolute Gasteiger partial charge is 0.0962 e. The number of allylic oxidation sites excluding steroid dienone is 2. The maximum absolute atomic E-state index is 5.82. The van der Waals surface area contributed by atoms with Crippen molar-refractivity contribution in [1.29, 1.82) is 0 Å². The standard InChI is InChI=1S/C8H13BrN2/c1-6(2)11-5-7(9)3-4-8(11)10/h3-6,8H,10H2,1-2H3. The molecule has 0 bridgehead atoms. The van der Waals surface area contributed by atoms with Crippen molar-refractivity contribution in [3.63, 3.8) is 0 Å². The Morgan fingerprint density at radius 3 is 2.73 bits per heavy atom. The van der Waals surface area contributed by atoms with Gasteiger partial charge in [0, 0.05) is 16.7 Å². The number of hydrogen-bond donors (Lipinski definition) is 1. The van der Waals surface area contributed by atoms with Crippen LogP contribution >= 0.6 is 15.9 Å².